The Morgan fingerprint density at radius 1 is 1.06 bits per heavy atom. The van der Waals surface area contributed by atoms with E-state index in [0.717, 1.165) is 62.9 Å². The molecule has 2 aromatic carbocycles. The van der Waals surface area contributed by atoms with E-state index in [1.54, 1.807) is 7.11 Å². The molecule has 2 aliphatic rings. The van der Waals surface area contributed by atoms with Crippen LogP contribution in [0.2, 0.25) is 0 Å². The van der Waals surface area contributed by atoms with Gasteiger partial charge in [0.25, 0.3) is 0 Å². The number of methoxy groups -OCH3 is 1. The first kappa shape index (κ1) is 23.4. The maximum Gasteiger partial charge on any atom is 0.246 e. The standard InChI is InChI=1S/C28H34N4O3/c1-20-9-13-23(14-10-20)31-17-5-6-22(18-31)28(33)32(24-7-3-4-8-24)19-26-29-27(30-35-26)21-11-15-25(34-2)16-12-21/h9-16,22,24H,3-8,17-19H2,1-2H3/t22-/m1/s1. The molecular formula is C28H34N4O3. The van der Waals surface area contributed by atoms with Crippen molar-refractivity contribution in [2.75, 3.05) is 25.1 Å². The molecule has 1 aliphatic carbocycles. The highest BCUT2D eigenvalue weighted by Crippen LogP contribution is 2.30. The topological polar surface area (TPSA) is 71.7 Å². The van der Waals surface area contributed by atoms with Crippen molar-refractivity contribution in [3.05, 3.63) is 60.0 Å². The molecule has 0 radical (unpaired) electrons. The second-order valence-electron chi connectivity index (χ2n) is 9.77. The summed E-state index contributed by atoms with van der Waals surface area (Å²) in [5, 5.41) is 4.18. The summed E-state index contributed by atoms with van der Waals surface area (Å²) in [5.41, 5.74) is 3.31. The Morgan fingerprint density at radius 2 is 1.80 bits per heavy atom. The van der Waals surface area contributed by atoms with Crippen LogP contribution >= 0.6 is 0 Å². The third kappa shape index (κ3) is 5.34. The van der Waals surface area contributed by atoms with E-state index in [9.17, 15) is 4.79 Å². The number of carbonyl (C=O) groups is 1. The molecule has 1 aromatic heterocycles. The molecule has 3 aromatic rings. The molecule has 7 nitrogen and oxygen atoms in total. The lowest BCUT2D eigenvalue weighted by molar-refractivity contribution is -0.139. The zero-order valence-electron chi connectivity index (χ0n) is 20.7. The van der Waals surface area contributed by atoms with Gasteiger partial charge in [-0.05, 0) is 69.0 Å². The number of nitrogens with zero attached hydrogens (tertiary/aromatic N) is 4. The second-order valence-corrected chi connectivity index (χ2v) is 9.77. The molecule has 35 heavy (non-hydrogen) atoms. The van der Waals surface area contributed by atoms with Gasteiger partial charge in [0.2, 0.25) is 17.6 Å². The van der Waals surface area contributed by atoms with E-state index in [1.165, 1.54) is 11.3 Å². The highest BCUT2D eigenvalue weighted by molar-refractivity contribution is 5.80. The summed E-state index contributed by atoms with van der Waals surface area (Å²) in [6.07, 6.45) is 6.35. The Hall–Kier alpha value is -3.35. The average Bonchev–Trinajstić information content (AvgIpc) is 3.60. The number of carbonyl (C=O) groups excluding carboxylic acids is 1. The van der Waals surface area contributed by atoms with Crippen molar-refractivity contribution in [2.24, 2.45) is 5.92 Å². The number of amides is 1. The third-order valence-corrected chi connectivity index (χ3v) is 7.34. The van der Waals surface area contributed by atoms with Gasteiger partial charge in [-0.3, -0.25) is 4.79 Å². The first-order valence-corrected chi connectivity index (χ1v) is 12.7. The lowest BCUT2D eigenvalue weighted by atomic mass is 9.95. The predicted molar refractivity (Wildman–Crippen MR) is 135 cm³/mol. The van der Waals surface area contributed by atoms with Crippen molar-refractivity contribution >= 4 is 11.6 Å². The number of aromatic nitrogens is 2. The first-order valence-electron chi connectivity index (χ1n) is 12.7. The molecular weight excluding hydrogens is 440 g/mol. The van der Waals surface area contributed by atoms with Crippen LogP contribution in [0.25, 0.3) is 11.4 Å². The van der Waals surface area contributed by atoms with Crippen LogP contribution in [0.4, 0.5) is 5.69 Å². The molecule has 7 heteroatoms. The van der Waals surface area contributed by atoms with Crippen molar-refractivity contribution in [1.82, 2.24) is 15.0 Å². The summed E-state index contributed by atoms with van der Waals surface area (Å²) < 4.78 is 10.8. The molecule has 5 rings (SSSR count). The number of anilines is 1. The Bertz CT molecular complexity index is 1120. The van der Waals surface area contributed by atoms with Gasteiger partial charge < -0.3 is 19.1 Å². The SMILES string of the molecule is COc1ccc(-c2noc(CN(C(=O)[C@@H]3CCCN(c4ccc(C)cc4)C3)C3CCCC3)n2)cc1. The molecule has 184 valence electrons. The number of hydrogen-bond donors (Lipinski definition) is 0. The highest BCUT2D eigenvalue weighted by atomic mass is 16.5. The van der Waals surface area contributed by atoms with Crippen LogP contribution in [-0.4, -0.2) is 47.2 Å². The minimum atomic E-state index is -0.0189. The van der Waals surface area contributed by atoms with Crippen LogP contribution < -0.4 is 9.64 Å². The van der Waals surface area contributed by atoms with Gasteiger partial charge in [0.15, 0.2) is 0 Å². The number of piperidine rings is 1. The highest BCUT2D eigenvalue weighted by Gasteiger charge is 2.35. The van der Waals surface area contributed by atoms with Gasteiger partial charge in [-0.15, -0.1) is 0 Å². The van der Waals surface area contributed by atoms with E-state index < -0.39 is 0 Å². The molecule has 1 atom stereocenters. The van der Waals surface area contributed by atoms with Crippen molar-refractivity contribution in [1.29, 1.82) is 0 Å². The van der Waals surface area contributed by atoms with Crippen molar-refractivity contribution in [3.8, 4) is 17.1 Å². The van der Waals surface area contributed by atoms with Gasteiger partial charge in [-0.1, -0.05) is 35.7 Å². The Kier molecular flexibility index (Phi) is 7.02. The summed E-state index contributed by atoms with van der Waals surface area (Å²) in [4.78, 5) is 22.9. The summed E-state index contributed by atoms with van der Waals surface area (Å²) >= 11 is 0. The summed E-state index contributed by atoms with van der Waals surface area (Å²) in [6, 6.07) is 16.4. The molecule has 2 fully saturated rings. The fourth-order valence-corrected chi connectivity index (χ4v) is 5.33. The Labute approximate surface area is 207 Å². The van der Waals surface area contributed by atoms with Crippen LogP contribution in [0.15, 0.2) is 53.1 Å². The van der Waals surface area contributed by atoms with Crippen LogP contribution in [0, 0.1) is 12.8 Å². The fraction of sp³-hybridized carbons (Fsp3) is 0.464. The predicted octanol–water partition coefficient (Wildman–Crippen LogP) is 5.24. The van der Waals surface area contributed by atoms with Crippen LogP contribution in [-0.2, 0) is 11.3 Å². The number of rotatable bonds is 7. The first-order chi connectivity index (χ1) is 17.1. The van der Waals surface area contributed by atoms with E-state index in [-0.39, 0.29) is 17.9 Å². The van der Waals surface area contributed by atoms with Gasteiger partial charge >= 0.3 is 0 Å². The van der Waals surface area contributed by atoms with Gasteiger partial charge in [-0.25, -0.2) is 0 Å². The van der Waals surface area contributed by atoms with E-state index in [2.05, 4.69) is 46.2 Å². The zero-order valence-corrected chi connectivity index (χ0v) is 20.7. The normalized spacial score (nSPS) is 18.6. The van der Waals surface area contributed by atoms with Crippen LogP contribution in [0.1, 0.15) is 50.0 Å². The molecule has 0 spiro atoms. The molecule has 1 saturated carbocycles. The average molecular weight is 475 g/mol. The summed E-state index contributed by atoms with van der Waals surface area (Å²) in [7, 11) is 1.64. The smallest absolute Gasteiger partial charge is 0.246 e. The van der Waals surface area contributed by atoms with Crippen LogP contribution in [0.5, 0.6) is 5.75 Å². The quantitative estimate of drug-likeness (QED) is 0.466. The van der Waals surface area contributed by atoms with Crippen molar-refractivity contribution in [3.63, 3.8) is 0 Å². The minimum absolute atomic E-state index is 0.0189. The van der Waals surface area contributed by atoms with Crippen LogP contribution in [0.3, 0.4) is 0 Å². The van der Waals surface area contributed by atoms with E-state index >= 15 is 0 Å². The fourth-order valence-electron chi connectivity index (χ4n) is 5.33. The Balaban J connectivity index is 1.31. The number of hydrogen-bond acceptors (Lipinski definition) is 6. The molecule has 1 saturated heterocycles. The minimum Gasteiger partial charge on any atom is -0.497 e. The molecule has 0 N–H and O–H groups in total. The second kappa shape index (κ2) is 10.5. The van der Waals surface area contributed by atoms with Gasteiger partial charge in [0.05, 0.1) is 13.0 Å². The molecule has 0 unspecified atom stereocenters. The zero-order chi connectivity index (χ0) is 24.2. The lowest BCUT2D eigenvalue weighted by Crippen LogP contribution is -2.47. The van der Waals surface area contributed by atoms with Gasteiger partial charge in [0, 0.05) is 30.4 Å². The lowest BCUT2D eigenvalue weighted by Gasteiger charge is -2.37. The molecule has 1 amide bonds. The monoisotopic (exact) mass is 474 g/mol. The summed E-state index contributed by atoms with van der Waals surface area (Å²) in [5.74, 6) is 2.00. The maximum absolute atomic E-state index is 13.9. The van der Waals surface area contributed by atoms with E-state index in [1.807, 2.05) is 29.2 Å². The Morgan fingerprint density at radius 3 is 2.51 bits per heavy atom. The molecule has 2 heterocycles. The number of aryl methyl sites for hydroxylation is 1. The summed E-state index contributed by atoms with van der Waals surface area (Å²) in [6.45, 7) is 4.22. The molecule has 0 bridgehead atoms. The largest absolute Gasteiger partial charge is 0.497 e. The number of ether oxygens (including phenoxy) is 1. The van der Waals surface area contributed by atoms with Gasteiger partial charge in [-0.2, -0.15) is 4.98 Å². The third-order valence-electron chi connectivity index (χ3n) is 7.34. The molecule has 1 aliphatic heterocycles. The van der Waals surface area contributed by atoms with E-state index in [0.29, 0.717) is 18.3 Å². The van der Waals surface area contributed by atoms with Gasteiger partial charge in [0.1, 0.15) is 12.3 Å². The maximum atomic E-state index is 13.9. The van der Waals surface area contributed by atoms with E-state index in [4.69, 9.17) is 9.26 Å². The number of benzene rings is 2. The van der Waals surface area contributed by atoms with Crippen molar-refractivity contribution < 1.29 is 14.1 Å². The van der Waals surface area contributed by atoms with Crippen molar-refractivity contribution in [2.45, 2.75) is 58.0 Å².